The second kappa shape index (κ2) is 5.26. The molecule has 20 heavy (non-hydrogen) atoms. The molecule has 1 aromatic carbocycles. The van der Waals surface area contributed by atoms with Crippen LogP contribution in [-0.4, -0.2) is 49.9 Å². The van der Waals surface area contributed by atoms with Crippen molar-refractivity contribution in [3.05, 3.63) is 54.6 Å². The largest absolute Gasteiger partial charge is 0.394 e. The highest BCUT2D eigenvalue weighted by Gasteiger charge is 2.25. The molecule has 0 unspecified atom stereocenters. The summed E-state index contributed by atoms with van der Waals surface area (Å²) in [6, 6.07) is 7.02. The summed E-state index contributed by atoms with van der Waals surface area (Å²) < 4.78 is 1.74. The van der Waals surface area contributed by atoms with Gasteiger partial charge in [0.25, 0.3) is 5.91 Å². The van der Waals surface area contributed by atoms with E-state index in [-0.39, 0.29) is 18.6 Å². The van der Waals surface area contributed by atoms with Crippen LogP contribution >= 0.6 is 0 Å². The molecule has 2 heterocycles. The minimum atomic E-state index is -0.235. The molecule has 6 heteroatoms. The molecule has 0 aliphatic carbocycles. The molecule has 1 N–H and O–H groups in total. The van der Waals surface area contributed by atoms with Gasteiger partial charge in [0, 0.05) is 17.8 Å². The van der Waals surface area contributed by atoms with Crippen LogP contribution in [0.4, 0.5) is 0 Å². The molecule has 6 nitrogen and oxygen atoms in total. The van der Waals surface area contributed by atoms with Gasteiger partial charge in [0.1, 0.15) is 12.7 Å². The van der Waals surface area contributed by atoms with Gasteiger partial charge in [-0.2, -0.15) is 0 Å². The predicted molar refractivity (Wildman–Crippen MR) is 72.4 cm³/mol. The number of aromatic nitrogens is 3. The minimum absolute atomic E-state index is 0.0621. The van der Waals surface area contributed by atoms with Crippen LogP contribution in [0.5, 0.6) is 0 Å². The second-order valence-electron chi connectivity index (χ2n) is 4.56. The average Bonchev–Trinajstić information content (AvgIpc) is 3.17. The van der Waals surface area contributed by atoms with Crippen LogP contribution in [0.2, 0.25) is 0 Å². The van der Waals surface area contributed by atoms with Crippen molar-refractivity contribution in [1.29, 1.82) is 0 Å². The number of benzene rings is 1. The molecule has 3 rings (SSSR count). The summed E-state index contributed by atoms with van der Waals surface area (Å²) in [6.07, 6.45) is 6.90. The number of aliphatic hydroxyl groups excluding tert-OH is 1. The molecule has 2 aromatic rings. The van der Waals surface area contributed by atoms with Gasteiger partial charge in [0.15, 0.2) is 0 Å². The van der Waals surface area contributed by atoms with Crippen molar-refractivity contribution in [3.8, 4) is 5.69 Å². The molecule has 1 amide bonds. The van der Waals surface area contributed by atoms with E-state index < -0.39 is 0 Å². The van der Waals surface area contributed by atoms with E-state index in [2.05, 4.69) is 10.2 Å². The first-order chi connectivity index (χ1) is 9.79. The van der Waals surface area contributed by atoms with Crippen LogP contribution in [0.3, 0.4) is 0 Å². The number of aliphatic hydroxyl groups is 1. The fourth-order valence-electron chi connectivity index (χ4n) is 2.26. The summed E-state index contributed by atoms with van der Waals surface area (Å²) in [4.78, 5) is 14.1. The number of carbonyl (C=O) groups excluding carboxylic acids is 1. The first-order valence-electron chi connectivity index (χ1n) is 6.33. The zero-order valence-electron chi connectivity index (χ0n) is 10.8. The van der Waals surface area contributed by atoms with Crippen molar-refractivity contribution in [1.82, 2.24) is 19.7 Å². The van der Waals surface area contributed by atoms with Crippen LogP contribution in [0.15, 0.2) is 49.1 Å². The molecular formula is C14H14N4O2. The fourth-order valence-corrected chi connectivity index (χ4v) is 2.26. The third-order valence-corrected chi connectivity index (χ3v) is 3.32. The fraction of sp³-hybridized carbons (Fsp3) is 0.214. The van der Waals surface area contributed by atoms with Gasteiger partial charge in [-0.1, -0.05) is 18.2 Å². The average molecular weight is 270 g/mol. The van der Waals surface area contributed by atoms with Gasteiger partial charge in [-0.05, 0) is 18.2 Å². The molecule has 0 spiro atoms. The van der Waals surface area contributed by atoms with Crippen molar-refractivity contribution in [2.24, 2.45) is 0 Å². The third-order valence-electron chi connectivity index (χ3n) is 3.32. The highest BCUT2D eigenvalue weighted by atomic mass is 16.3. The molecule has 0 fully saturated rings. The zero-order chi connectivity index (χ0) is 13.9. The number of carbonyl (C=O) groups is 1. The Bertz CT molecular complexity index is 636. The number of hydrogen-bond acceptors (Lipinski definition) is 4. The lowest BCUT2D eigenvalue weighted by atomic mass is 10.1. The molecule has 1 atom stereocenters. The van der Waals surface area contributed by atoms with Gasteiger partial charge in [-0.3, -0.25) is 9.36 Å². The van der Waals surface area contributed by atoms with Crippen LogP contribution in [0, 0.1) is 0 Å². The number of nitrogens with zero attached hydrogens (tertiary/aromatic N) is 4. The standard InChI is InChI=1S/C14H14N4O2/c19-8-13-5-2-6-18(13)14(20)11-3-1-4-12(7-11)17-9-15-16-10-17/h1-5,7,9-10,13,19H,6,8H2/t13-/m0/s1. The topological polar surface area (TPSA) is 71.2 Å². The lowest BCUT2D eigenvalue weighted by molar-refractivity contribution is 0.0700. The molecule has 1 aromatic heterocycles. The Labute approximate surface area is 116 Å². The highest BCUT2D eigenvalue weighted by Crippen LogP contribution is 2.16. The molecule has 0 saturated carbocycles. The lowest BCUT2D eigenvalue weighted by Gasteiger charge is -2.23. The first-order valence-corrected chi connectivity index (χ1v) is 6.33. The number of hydrogen-bond donors (Lipinski definition) is 1. The van der Waals surface area contributed by atoms with E-state index in [0.29, 0.717) is 12.1 Å². The Hall–Kier alpha value is -2.47. The van der Waals surface area contributed by atoms with Crippen molar-refractivity contribution in [2.75, 3.05) is 13.2 Å². The van der Waals surface area contributed by atoms with Crippen LogP contribution < -0.4 is 0 Å². The Morgan fingerprint density at radius 2 is 2.15 bits per heavy atom. The maximum atomic E-state index is 12.5. The Balaban J connectivity index is 1.87. The summed E-state index contributed by atoms with van der Waals surface area (Å²) in [5.41, 5.74) is 1.41. The van der Waals surface area contributed by atoms with Crippen LogP contribution in [0.25, 0.3) is 5.69 Å². The monoisotopic (exact) mass is 270 g/mol. The second-order valence-corrected chi connectivity index (χ2v) is 4.56. The maximum absolute atomic E-state index is 12.5. The molecule has 1 aliphatic rings. The Kier molecular flexibility index (Phi) is 3.30. The van der Waals surface area contributed by atoms with Crippen molar-refractivity contribution in [2.45, 2.75) is 6.04 Å². The smallest absolute Gasteiger partial charge is 0.254 e. The van der Waals surface area contributed by atoms with Gasteiger partial charge in [-0.15, -0.1) is 10.2 Å². The summed E-state index contributed by atoms with van der Waals surface area (Å²) in [7, 11) is 0. The van der Waals surface area contributed by atoms with Crippen molar-refractivity contribution in [3.63, 3.8) is 0 Å². The quantitative estimate of drug-likeness (QED) is 0.831. The number of amides is 1. The summed E-state index contributed by atoms with van der Waals surface area (Å²) in [6.45, 7) is 0.467. The minimum Gasteiger partial charge on any atom is -0.394 e. The van der Waals surface area contributed by atoms with Gasteiger partial charge in [0.2, 0.25) is 0 Å². The predicted octanol–water partition coefficient (Wildman–Crippen LogP) is 0.640. The Morgan fingerprint density at radius 1 is 1.35 bits per heavy atom. The van der Waals surface area contributed by atoms with Gasteiger partial charge in [0.05, 0.1) is 12.6 Å². The van der Waals surface area contributed by atoms with E-state index in [0.717, 1.165) is 5.69 Å². The van der Waals surface area contributed by atoms with E-state index in [4.69, 9.17) is 0 Å². The molecule has 1 aliphatic heterocycles. The van der Waals surface area contributed by atoms with E-state index in [1.165, 1.54) is 0 Å². The van der Waals surface area contributed by atoms with Gasteiger partial charge < -0.3 is 10.0 Å². The summed E-state index contributed by atoms with van der Waals surface area (Å²) >= 11 is 0. The van der Waals surface area contributed by atoms with Gasteiger partial charge >= 0.3 is 0 Å². The molecular weight excluding hydrogens is 256 g/mol. The van der Waals surface area contributed by atoms with Crippen LogP contribution in [-0.2, 0) is 0 Å². The lowest BCUT2D eigenvalue weighted by Crippen LogP contribution is -2.38. The van der Waals surface area contributed by atoms with Crippen LogP contribution in [0.1, 0.15) is 10.4 Å². The molecule has 102 valence electrons. The maximum Gasteiger partial charge on any atom is 0.254 e. The Morgan fingerprint density at radius 3 is 2.90 bits per heavy atom. The normalized spacial score (nSPS) is 17.6. The van der Waals surface area contributed by atoms with Crippen molar-refractivity contribution < 1.29 is 9.90 Å². The SMILES string of the molecule is O=C(c1cccc(-n2cnnc2)c1)N1CC=C[C@H]1CO. The van der Waals surface area contributed by atoms with E-state index in [1.54, 1.807) is 34.3 Å². The van der Waals surface area contributed by atoms with E-state index in [9.17, 15) is 9.90 Å². The molecule has 0 saturated heterocycles. The third kappa shape index (κ3) is 2.21. The summed E-state index contributed by atoms with van der Waals surface area (Å²) in [5.74, 6) is -0.0935. The zero-order valence-corrected chi connectivity index (χ0v) is 10.8. The number of rotatable bonds is 3. The summed E-state index contributed by atoms with van der Waals surface area (Å²) in [5, 5.41) is 16.8. The molecule has 0 radical (unpaired) electrons. The van der Waals surface area contributed by atoms with Crippen molar-refractivity contribution >= 4 is 5.91 Å². The van der Waals surface area contributed by atoms with E-state index >= 15 is 0 Å². The molecule has 0 bridgehead atoms. The highest BCUT2D eigenvalue weighted by molar-refractivity contribution is 5.95. The van der Waals surface area contributed by atoms with E-state index in [1.807, 2.05) is 24.3 Å². The van der Waals surface area contributed by atoms with Gasteiger partial charge in [-0.25, -0.2) is 0 Å². The first kappa shape index (κ1) is 12.6.